The number of aliphatic hydroxyl groups excluding tert-OH is 1. The Morgan fingerprint density at radius 3 is 2.29 bits per heavy atom. The van der Waals surface area contributed by atoms with Gasteiger partial charge in [0.15, 0.2) is 0 Å². The van der Waals surface area contributed by atoms with Gasteiger partial charge in [-0.05, 0) is 102 Å². The van der Waals surface area contributed by atoms with Crippen molar-refractivity contribution in [2.75, 3.05) is 13.2 Å². The van der Waals surface area contributed by atoms with Crippen molar-refractivity contribution < 1.29 is 19.4 Å². The summed E-state index contributed by atoms with van der Waals surface area (Å²) < 4.78 is 11.2. The number of aryl methyl sites for hydroxylation is 2. The maximum absolute atomic E-state index is 12.3. The Hall–Kier alpha value is -3.37. The van der Waals surface area contributed by atoms with E-state index in [1.54, 1.807) is 6.92 Å². The van der Waals surface area contributed by atoms with Crippen molar-refractivity contribution in [2.45, 2.75) is 71.8 Å². The molecule has 1 N–H and O–H groups in total. The van der Waals surface area contributed by atoms with Crippen molar-refractivity contribution in [3.05, 3.63) is 89.0 Å². The van der Waals surface area contributed by atoms with Crippen LogP contribution in [0.2, 0.25) is 0 Å². The van der Waals surface area contributed by atoms with E-state index in [9.17, 15) is 4.79 Å². The van der Waals surface area contributed by atoms with Crippen molar-refractivity contribution in [3.63, 3.8) is 0 Å². The average molecular weight is 513 g/mol. The zero-order valence-electron chi connectivity index (χ0n) is 23.0. The summed E-state index contributed by atoms with van der Waals surface area (Å²) >= 11 is 0. The molecular weight excluding hydrogens is 472 g/mol. The highest BCUT2D eigenvalue weighted by atomic mass is 16.5. The molecule has 4 rings (SSSR count). The molecule has 3 aromatic rings. The number of rotatable bonds is 10. The molecule has 38 heavy (non-hydrogen) atoms. The van der Waals surface area contributed by atoms with E-state index in [4.69, 9.17) is 14.6 Å². The summed E-state index contributed by atoms with van der Waals surface area (Å²) in [5.74, 6) is 0.989. The summed E-state index contributed by atoms with van der Waals surface area (Å²) in [6, 6.07) is 19.2. The summed E-state index contributed by atoms with van der Waals surface area (Å²) in [4.78, 5) is 12.3. The second kappa shape index (κ2) is 12.9. The molecule has 0 aliphatic heterocycles. The van der Waals surface area contributed by atoms with Crippen LogP contribution < -0.4 is 4.74 Å². The smallest absolute Gasteiger partial charge is 0.333 e. The van der Waals surface area contributed by atoms with Gasteiger partial charge in [0, 0.05) is 5.57 Å². The number of benzene rings is 3. The van der Waals surface area contributed by atoms with Crippen LogP contribution in [0.3, 0.4) is 0 Å². The quantitative estimate of drug-likeness (QED) is 0.221. The summed E-state index contributed by atoms with van der Waals surface area (Å²) in [5.41, 5.74) is 9.80. The second-order valence-corrected chi connectivity index (χ2v) is 10.4. The molecule has 1 aliphatic rings. The maximum atomic E-state index is 12.3. The molecule has 0 bridgehead atoms. The lowest BCUT2D eigenvalue weighted by Crippen LogP contribution is -2.07. The van der Waals surface area contributed by atoms with E-state index in [-0.39, 0.29) is 19.8 Å². The Labute approximate surface area is 227 Å². The van der Waals surface area contributed by atoms with Crippen LogP contribution in [0, 0.1) is 6.92 Å². The van der Waals surface area contributed by atoms with Crippen LogP contribution in [0.4, 0.5) is 0 Å². The van der Waals surface area contributed by atoms with Gasteiger partial charge in [-0.25, -0.2) is 4.79 Å². The summed E-state index contributed by atoms with van der Waals surface area (Å²) in [7, 11) is 0. The Morgan fingerprint density at radius 1 is 0.947 bits per heavy atom. The summed E-state index contributed by atoms with van der Waals surface area (Å²) in [5, 5.41) is 9.05. The minimum atomic E-state index is -0.391. The number of esters is 1. The third-order valence-electron chi connectivity index (χ3n) is 7.56. The first-order valence-corrected chi connectivity index (χ1v) is 13.8. The average Bonchev–Trinajstić information content (AvgIpc) is 2.95. The van der Waals surface area contributed by atoms with Gasteiger partial charge in [0.05, 0.1) is 6.61 Å². The van der Waals surface area contributed by atoms with Crippen LogP contribution in [-0.2, 0) is 22.6 Å². The molecule has 1 aliphatic carbocycles. The Morgan fingerprint density at radius 2 is 1.66 bits per heavy atom. The van der Waals surface area contributed by atoms with Gasteiger partial charge >= 0.3 is 5.97 Å². The lowest BCUT2D eigenvalue weighted by atomic mass is 9.82. The fourth-order valence-corrected chi connectivity index (χ4v) is 5.46. The molecule has 0 aromatic heterocycles. The van der Waals surface area contributed by atoms with E-state index < -0.39 is 5.97 Å². The minimum Gasteiger partial charge on any atom is -0.491 e. The lowest BCUT2D eigenvalue weighted by Gasteiger charge is -2.23. The maximum Gasteiger partial charge on any atom is 0.333 e. The molecule has 4 heteroatoms. The predicted octanol–water partition coefficient (Wildman–Crippen LogP) is 7.93. The highest BCUT2D eigenvalue weighted by Gasteiger charge is 2.19. The molecule has 0 unspecified atom stereocenters. The van der Waals surface area contributed by atoms with Crippen LogP contribution in [0.15, 0.2) is 66.7 Å². The van der Waals surface area contributed by atoms with Crippen molar-refractivity contribution in [1.82, 2.24) is 0 Å². The standard InChI is InChI=1S/C34H40O4/c1-5-25-20-32(27-11-14-30(15-12-27)37-18-17-35)29(22-38-34(36)23(2)3)21-33(25)31-16-13-28(19-24(31)4)26-9-7-6-8-10-26/h11-16,19-21,26,35H,2,5-10,17-18,22H2,1,3-4H3. The van der Waals surface area contributed by atoms with Crippen molar-refractivity contribution in [2.24, 2.45) is 0 Å². The van der Waals surface area contributed by atoms with Crippen LogP contribution in [0.5, 0.6) is 5.75 Å². The fourth-order valence-electron chi connectivity index (χ4n) is 5.46. The van der Waals surface area contributed by atoms with Gasteiger partial charge in [-0.3, -0.25) is 0 Å². The molecule has 3 aromatic carbocycles. The summed E-state index contributed by atoms with van der Waals surface area (Å²) in [6.45, 7) is 10.2. The Balaban J connectivity index is 1.74. The normalized spacial score (nSPS) is 13.8. The van der Waals surface area contributed by atoms with Crippen molar-refractivity contribution >= 4 is 5.97 Å². The predicted molar refractivity (Wildman–Crippen MR) is 154 cm³/mol. The lowest BCUT2D eigenvalue weighted by molar-refractivity contribution is -0.140. The topological polar surface area (TPSA) is 55.8 Å². The van der Waals surface area contributed by atoms with Crippen LogP contribution in [0.1, 0.15) is 74.1 Å². The van der Waals surface area contributed by atoms with Crippen molar-refractivity contribution in [1.29, 1.82) is 0 Å². The fraction of sp³-hybridized carbons (Fsp3) is 0.382. The van der Waals surface area contributed by atoms with E-state index in [1.165, 1.54) is 59.9 Å². The molecule has 0 radical (unpaired) electrons. The first-order chi connectivity index (χ1) is 18.4. The summed E-state index contributed by atoms with van der Waals surface area (Å²) in [6.07, 6.45) is 7.47. The number of hydrogen-bond acceptors (Lipinski definition) is 4. The van der Waals surface area contributed by atoms with Gasteiger partial charge in [-0.2, -0.15) is 0 Å². The molecule has 0 amide bonds. The van der Waals surface area contributed by atoms with Crippen molar-refractivity contribution in [3.8, 4) is 28.0 Å². The zero-order valence-corrected chi connectivity index (χ0v) is 23.0. The molecule has 200 valence electrons. The van der Waals surface area contributed by atoms with Gasteiger partial charge in [-0.15, -0.1) is 0 Å². The molecule has 1 fully saturated rings. The minimum absolute atomic E-state index is 0.0254. The van der Waals surface area contributed by atoms with E-state index in [0.717, 1.165) is 23.1 Å². The first kappa shape index (κ1) is 27.7. The molecule has 0 atom stereocenters. The van der Waals surface area contributed by atoms with Gasteiger partial charge in [0.25, 0.3) is 0 Å². The van der Waals surface area contributed by atoms with E-state index >= 15 is 0 Å². The third-order valence-corrected chi connectivity index (χ3v) is 7.56. The number of ether oxygens (including phenoxy) is 2. The number of hydrogen-bond donors (Lipinski definition) is 1. The molecule has 4 nitrogen and oxygen atoms in total. The van der Waals surface area contributed by atoms with Gasteiger partial charge in [0.1, 0.15) is 19.0 Å². The largest absolute Gasteiger partial charge is 0.491 e. The third kappa shape index (κ3) is 6.54. The Kier molecular flexibility index (Phi) is 9.41. The van der Waals surface area contributed by atoms with Crippen LogP contribution in [0.25, 0.3) is 22.3 Å². The molecule has 0 spiro atoms. The molecular formula is C34H40O4. The van der Waals surface area contributed by atoms with Gasteiger partial charge < -0.3 is 14.6 Å². The highest BCUT2D eigenvalue weighted by molar-refractivity contribution is 5.87. The van der Waals surface area contributed by atoms with E-state index in [0.29, 0.717) is 17.2 Å². The Bertz CT molecular complexity index is 1270. The molecule has 0 saturated heterocycles. The highest BCUT2D eigenvalue weighted by Crippen LogP contribution is 2.38. The zero-order chi connectivity index (χ0) is 27.1. The van der Waals surface area contributed by atoms with Crippen LogP contribution in [-0.4, -0.2) is 24.3 Å². The molecule has 0 heterocycles. The second-order valence-electron chi connectivity index (χ2n) is 10.4. The number of carbonyl (C=O) groups excluding carboxylic acids is 1. The number of carbonyl (C=O) groups is 1. The molecule has 1 saturated carbocycles. The SMILES string of the molecule is C=C(C)C(=O)OCc1cc(-c2ccc(C3CCCCC3)cc2C)c(CC)cc1-c1ccc(OCCO)cc1. The van der Waals surface area contributed by atoms with Crippen LogP contribution >= 0.6 is 0 Å². The first-order valence-electron chi connectivity index (χ1n) is 13.8. The monoisotopic (exact) mass is 512 g/mol. The van der Waals surface area contributed by atoms with E-state index in [1.807, 2.05) is 24.3 Å². The van der Waals surface area contributed by atoms with Gasteiger partial charge in [0.2, 0.25) is 0 Å². The van der Waals surface area contributed by atoms with E-state index in [2.05, 4.69) is 50.8 Å². The number of aliphatic hydroxyl groups is 1. The van der Waals surface area contributed by atoms with Gasteiger partial charge in [-0.1, -0.05) is 69.2 Å².